The molecule has 2 fully saturated rings. The first-order chi connectivity index (χ1) is 19.9. The molecular weight excluding hydrogens is 536 g/mol. The van der Waals surface area contributed by atoms with Crippen LogP contribution in [0.2, 0.25) is 0 Å². The highest BCUT2D eigenvalue weighted by Gasteiger charge is 2.28. The first-order valence-corrected chi connectivity index (χ1v) is 13.4. The fraction of sp³-hybridized carbons (Fsp3) is 0.333. The van der Waals surface area contributed by atoms with Gasteiger partial charge in [-0.05, 0) is 18.2 Å². The molecule has 1 atom stereocenters. The third kappa shape index (κ3) is 4.59. The number of nitrogens with one attached hydrogen (secondary N) is 1. The number of anilines is 2. The maximum Gasteiger partial charge on any atom is 0.261 e. The quantitative estimate of drug-likeness (QED) is 0.306. The number of benzene rings is 1. The molecule has 14 heteroatoms. The van der Waals surface area contributed by atoms with Gasteiger partial charge in [0.1, 0.15) is 11.5 Å². The molecule has 0 aliphatic carbocycles. The van der Waals surface area contributed by atoms with Gasteiger partial charge < -0.3 is 25.1 Å². The smallest absolute Gasteiger partial charge is 0.261 e. The van der Waals surface area contributed by atoms with Crippen molar-refractivity contribution in [1.82, 2.24) is 34.6 Å². The summed E-state index contributed by atoms with van der Waals surface area (Å²) in [5.74, 6) is -1.01. The van der Waals surface area contributed by atoms with Crippen molar-refractivity contribution in [2.75, 3.05) is 49.9 Å². The molecule has 12 nitrogen and oxygen atoms in total. The Kier molecular flexibility index (Phi) is 6.18. The molecule has 41 heavy (non-hydrogen) atoms. The third-order valence-corrected chi connectivity index (χ3v) is 7.62. The van der Waals surface area contributed by atoms with Crippen LogP contribution in [0, 0.1) is 11.6 Å². The van der Waals surface area contributed by atoms with Gasteiger partial charge in [-0.25, -0.2) is 13.5 Å². The van der Waals surface area contributed by atoms with E-state index in [-0.39, 0.29) is 23.3 Å². The summed E-state index contributed by atoms with van der Waals surface area (Å²) >= 11 is 0. The highest BCUT2D eigenvalue weighted by atomic mass is 19.1. The van der Waals surface area contributed by atoms with E-state index in [9.17, 15) is 13.6 Å². The third-order valence-electron chi connectivity index (χ3n) is 7.62. The van der Waals surface area contributed by atoms with Crippen molar-refractivity contribution in [1.29, 1.82) is 0 Å². The molecule has 212 valence electrons. The molecular formula is C27H27F2N9O3. The maximum atomic E-state index is 14.7. The highest BCUT2D eigenvalue weighted by Crippen LogP contribution is 2.31. The first kappa shape index (κ1) is 25.3. The molecule has 2 aliphatic heterocycles. The second-order valence-corrected chi connectivity index (χ2v) is 10.1. The van der Waals surface area contributed by atoms with Crippen LogP contribution < -0.4 is 20.7 Å². The van der Waals surface area contributed by atoms with Crippen LogP contribution >= 0.6 is 0 Å². The summed E-state index contributed by atoms with van der Waals surface area (Å²) in [6.07, 6.45) is 3.02. The Morgan fingerprint density at radius 2 is 1.98 bits per heavy atom. The Morgan fingerprint density at radius 1 is 1.12 bits per heavy atom. The van der Waals surface area contributed by atoms with Crippen molar-refractivity contribution in [3.63, 3.8) is 0 Å². The number of halogens is 2. The van der Waals surface area contributed by atoms with Crippen molar-refractivity contribution >= 4 is 34.1 Å². The number of carbonyl (C=O) groups is 1. The van der Waals surface area contributed by atoms with E-state index in [4.69, 9.17) is 14.9 Å². The minimum atomic E-state index is -0.823. The molecule has 0 spiro atoms. The van der Waals surface area contributed by atoms with Gasteiger partial charge in [-0.15, -0.1) is 0 Å². The lowest BCUT2D eigenvalue weighted by Crippen LogP contribution is -2.47. The van der Waals surface area contributed by atoms with Crippen LogP contribution in [0.25, 0.3) is 28.0 Å². The first-order valence-electron chi connectivity index (χ1n) is 13.4. The lowest BCUT2D eigenvalue weighted by Gasteiger charge is -2.36. The maximum absolute atomic E-state index is 14.7. The normalized spacial score (nSPS) is 18.0. The van der Waals surface area contributed by atoms with E-state index in [2.05, 4.69) is 25.4 Å². The number of ether oxygens (including phenoxy) is 1. The van der Waals surface area contributed by atoms with Crippen LogP contribution in [0.3, 0.4) is 0 Å². The summed E-state index contributed by atoms with van der Waals surface area (Å²) in [6.45, 7) is 4.19. The summed E-state index contributed by atoms with van der Waals surface area (Å²) in [5.41, 5.74) is 8.60. The molecule has 7 rings (SSSR count). The van der Waals surface area contributed by atoms with Gasteiger partial charge in [0.25, 0.3) is 5.91 Å². The average molecular weight is 564 g/mol. The van der Waals surface area contributed by atoms with Crippen molar-refractivity contribution in [2.45, 2.75) is 19.1 Å². The van der Waals surface area contributed by atoms with Crippen LogP contribution in [0.15, 0.2) is 47.2 Å². The minimum absolute atomic E-state index is 0.119. The van der Waals surface area contributed by atoms with Crippen LogP contribution in [-0.4, -0.2) is 80.6 Å². The van der Waals surface area contributed by atoms with Gasteiger partial charge in [0, 0.05) is 57.8 Å². The van der Waals surface area contributed by atoms with Crippen LogP contribution in [0.1, 0.15) is 6.42 Å². The van der Waals surface area contributed by atoms with E-state index in [1.165, 1.54) is 6.07 Å². The monoisotopic (exact) mass is 563 g/mol. The lowest BCUT2D eigenvalue weighted by molar-refractivity contribution is -0.125. The zero-order chi connectivity index (χ0) is 28.1. The number of aromatic nitrogens is 5. The van der Waals surface area contributed by atoms with Gasteiger partial charge in [0.05, 0.1) is 35.6 Å². The highest BCUT2D eigenvalue weighted by molar-refractivity contribution is 5.93. The Labute approximate surface area is 232 Å². The fourth-order valence-electron chi connectivity index (χ4n) is 5.43. The number of rotatable bonds is 7. The standard InChI is InChI=1S/C27H27F2N9O3/c28-17-12-18(29)24(41-23-3-4-31-26(23)39)14-21(17)36-8-5-35(6-9-36)7-10-37-25-16(15-32-37)20-13-19(22-2-1-11-40-22)34-38(20)27(30)33-25/h1-2,11-15,23H,3-10H2,(H2,30,33)(H,31,39)/t23-/m0/s1. The van der Waals surface area contributed by atoms with E-state index in [0.717, 1.165) is 17.0 Å². The fourth-order valence-corrected chi connectivity index (χ4v) is 5.43. The van der Waals surface area contributed by atoms with Gasteiger partial charge >= 0.3 is 0 Å². The zero-order valence-corrected chi connectivity index (χ0v) is 22.0. The Bertz CT molecular complexity index is 1740. The summed E-state index contributed by atoms with van der Waals surface area (Å²) in [7, 11) is 0. The molecule has 0 radical (unpaired) electrons. The molecule has 2 aliphatic rings. The van der Waals surface area contributed by atoms with E-state index in [1.807, 2.05) is 21.7 Å². The molecule has 1 aromatic carbocycles. The summed E-state index contributed by atoms with van der Waals surface area (Å²) < 4.78 is 43.6. The second kappa shape index (κ2) is 10.0. The topological polar surface area (TPSA) is 132 Å². The number of amides is 1. The van der Waals surface area contributed by atoms with Crippen LogP contribution in [0.5, 0.6) is 5.75 Å². The summed E-state index contributed by atoms with van der Waals surface area (Å²) in [5, 5.41) is 12.6. The van der Waals surface area contributed by atoms with Gasteiger partial charge in [-0.2, -0.15) is 19.7 Å². The number of nitrogens with two attached hydrogens (primary N) is 1. The summed E-state index contributed by atoms with van der Waals surface area (Å²) in [4.78, 5) is 20.5. The van der Waals surface area contributed by atoms with Crippen molar-refractivity contribution in [2.24, 2.45) is 0 Å². The second-order valence-electron chi connectivity index (χ2n) is 10.1. The molecule has 1 amide bonds. The van der Waals surface area contributed by atoms with E-state index in [1.54, 1.807) is 23.0 Å². The number of hydrogen-bond donors (Lipinski definition) is 2. The predicted molar refractivity (Wildman–Crippen MR) is 145 cm³/mol. The Balaban J connectivity index is 1.02. The molecule has 3 N–H and O–H groups in total. The molecule has 5 aromatic rings. The molecule has 2 saturated heterocycles. The number of fused-ring (bicyclic) bond motifs is 3. The van der Waals surface area contributed by atoms with Crippen LogP contribution in [-0.2, 0) is 11.3 Å². The van der Waals surface area contributed by atoms with Gasteiger partial charge in [-0.1, -0.05) is 0 Å². The number of furan rings is 1. The Hall–Kier alpha value is -4.72. The minimum Gasteiger partial charge on any atom is -0.477 e. The Morgan fingerprint density at radius 3 is 2.73 bits per heavy atom. The number of nitrogen functional groups attached to an aromatic ring is 1. The van der Waals surface area contributed by atoms with E-state index >= 15 is 0 Å². The van der Waals surface area contributed by atoms with Crippen molar-refractivity contribution in [3.8, 4) is 17.2 Å². The average Bonchev–Trinajstić information content (AvgIpc) is 3.77. The van der Waals surface area contributed by atoms with Crippen molar-refractivity contribution in [3.05, 3.63) is 54.4 Å². The van der Waals surface area contributed by atoms with Crippen molar-refractivity contribution < 1.29 is 22.7 Å². The zero-order valence-electron chi connectivity index (χ0n) is 22.0. The molecule has 0 saturated carbocycles. The van der Waals surface area contributed by atoms with Gasteiger partial charge in [0.2, 0.25) is 5.95 Å². The SMILES string of the molecule is Nc1nc2c(cnn2CCN2CCN(c3cc(O[C@H]4CCNC4=O)c(F)cc3F)CC2)c2cc(-c3ccco3)nn12. The predicted octanol–water partition coefficient (Wildman–Crippen LogP) is 2.29. The number of hydrogen-bond acceptors (Lipinski definition) is 9. The lowest BCUT2D eigenvalue weighted by atomic mass is 10.2. The largest absolute Gasteiger partial charge is 0.477 e. The van der Waals surface area contributed by atoms with Crippen LogP contribution in [0.4, 0.5) is 20.4 Å². The molecule has 6 heterocycles. The number of nitrogens with zero attached hydrogens (tertiary/aromatic N) is 7. The molecule has 0 unspecified atom stereocenters. The molecule has 4 aromatic heterocycles. The molecule has 0 bridgehead atoms. The summed E-state index contributed by atoms with van der Waals surface area (Å²) in [6, 6.07) is 7.71. The van der Waals surface area contributed by atoms with Gasteiger partial charge in [-0.3, -0.25) is 9.69 Å². The number of piperazine rings is 1. The van der Waals surface area contributed by atoms with E-state index in [0.29, 0.717) is 69.3 Å². The number of carbonyl (C=O) groups excluding carboxylic acids is 1. The van der Waals surface area contributed by atoms with Gasteiger partial charge in [0.15, 0.2) is 29.1 Å². The van der Waals surface area contributed by atoms with E-state index < -0.39 is 17.7 Å².